The van der Waals surface area contributed by atoms with Crippen LogP contribution < -0.4 is 11.1 Å². The summed E-state index contributed by atoms with van der Waals surface area (Å²) in [6.07, 6.45) is 3.94. The number of carbonyl (C=O) groups is 1. The Kier molecular flexibility index (Phi) is 7.25. The van der Waals surface area contributed by atoms with Gasteiger partial charge in [0.05, 0.1) is 6.04 Å². The van der Waals surface area contributed by atoms with Crippen LogP contribution in [0.4, 0.5) is 5.69 Å². The molecule has 1 unspecified atom stereocenters. The van der Waals surface area contributed by atoms with Gasteiger partial charge in [0.2, 0.25) is 5.91 Å². The Morgan fingerprint density at radius 1 is 1.44 bits per heavy atom. The highest BCUT2D eigenvalue weighted by Gasteiger charge is 2.30. The van der Waals surface area contributed by atoms with E-state index in [2.05, 4.69) is 34.3 Å². The molecule has 0 spiro atoms. The van der Waals surface area contributed by atoms with Crippen LogP contribution in [0.1, 0.15) is 31.7 Å². The molecular formula is C19H31N5O. The highest BCUT2D eigenvalue weighted by molar-refractivity contribution is 5.92. The number of likely N-dealkylation sites (tertiary alicyclic amines) is 1. The van der Waals surface area contributed by atoms with Gasteiger partial charge in [-0.25, -0.2) is 0 Å². The van der Waals surface area contributed by atoms with E-state index in [0.717, 1.165) is 44.5 Å². The normalized spacial score (nSPS) is 18.4. The van der Waals surface area contributed by atoms with Crippen LogP contribution in [0.2, 0.25) is 0 Å². The quantitative estimate of drug-likeness (QED) is 0.450. The molecule has 6 heteroatoms. The van der Waals surface area contributed by atoms with E-state index in [1.165, 1.54) is 5.56 Å². The smallest absolute Gasteiger partial charge is 0.239 e. The molecule has 0 aliphatic carbocycles. The summed E-state index contributed by atoms with van der Waals surface area (Å²) in [4.78, 5) is 20.5. The van der Waals surface area contributed by atoms with Gasteiger partial charge >= 0.3 is 0 Å². The van der Waals surface area contributed by atoms with Crippen LogP contribution in [0.25, 0.3) is 0 Å². The fraction of sp³-hybridized carbons (Fsp3) is 0.579. The maximum absolute atomic E-state index is 12.2. The van der Waals surface area contributed by atoms with Gasteiger partial charge in [0.15, 0.2) is 5.96 Å². The van der Waals surface area contributed by atoms with Gasteiger partial charge in [-0.2, -0.15) is 0 Å². The molecular weight excluding hydrogens is 314 g/mol. The molecule has 138 valence electrons. The van der Waals surface area contributed by atoms with Crippen molar-refractivity contribution in [1.82, 2.24) is 9.80 Å². The third-order valence-corrected chi connectivity index (χ3v) is 4.58. The minimum atomic E-state index is 0.0336. The van der Waals surface area contributed by atoms with Gasteiger partial charge in [0.25, 0.3) is 0 Å². The Bertz CT molecular complexity index is 599. The monoisotopic (exact) mass is 345 g/mol. The summed E-state index contributed by atoms with van der Waals surface area (Å²) in [7, 11) is 3.64. The number of nitrogens with two attached hydrogens (primary N) is 1. The molecule has 1 amide bonds. The summed E-state index contributed by atoms with van der Waals surface area (Å²) in [5, 5.41) is 3.14. The van der Waals surface area contributed by atoms with Crippen LogP contribution in [0.5, 0.6) is 0 Å². The van der Waals surface area contributed by atoms with Gasteiger partial charge in [-0.15, -0.1) is 0 Å². The van der Waals surface area contributed by atoms with Crippen molar-refractivity contribution in [3.05, 3.63) is 29.8 Å². The summed E-state index contributed by atoms with van der Waals surface area (Å²) in [5.74, 6) is 0.647. The van der Waals surface area contributed by atoms with Crippen molar-refractivity contribution in [2.45, 2.75) is 38.6 Å². The number of benzene rings is 1. The van der Waals surface area contributed by atoms with E-state index in [1.807, 2.05) is 26.2 Å². The maximum atomic E-state index is 12.2. The molecule has 1 aromatic rings. The van der Waals surface area contributed by atoms with Crippen LogP contribution in [-0.2, 0) is 11.2 Å². The van der Waals surface area contributed by atoms with Crippen molar-refractivity contribution < 1.29 is 4.79 Å². The van der Waals surface area contributed by atoms with Gasteiger partial charge in [0, 0.05) is 32.9 Å². The largest absolute Gasteiger partial charge is 0.370 e. The predicted octanol–water partition coefficient (Wildman–Crippen LogP) is 1.92. The lowest BCUT2D eigenvalue weighted by molar-refractivity contribution is -0.133. The lowest BCUT2D eigenvalue weighted by Gasteiger charge is -2.25. The zero-order valence-corrected chi connectivity index (χ0v) is 15.7. The third kappa shape index (κ3) is 5.74. The number of nitrogens with one attached hydrogen (secondary N) is 1. The van der Waals surface area contributed by atoms with Crippen molar-refractivity contribution in [2.24, 2.45) is 10.7 Å². The SMILES string of the molecule is CCc1cccc(NC(N)=NCCCN2CCCC2C(=O)N(C)C)c1. The fourth-order valence-electron chi connectivity index (χ4n) is 3.20. The number of hydrogen-bond acceptors (Lipinski definition) is 3. The van der Waals surface area contributed by atoms with Crippen molar-refractivity contribution in [3.63, 3.8) is 0 Å². The zero-order chi connectivity index (χ0) is 18.2. The maximum Gasteiger partial charge on any atom is 0.239 e. The highest BCUT2D eigenvalue weighted by Crippen LogP contribution is 2.18. The molecule has 3 N–H and O–H groups in total. The van der Waals surface area contributed by atoms with Crippen LogP contribution >= 0.6 is 0 Å². The van der Waals surface area contributed by atoms with E-state index in [4.69, 9.17) is 5.73 Å². The first kappa shape index (κ1) is 19.2. The van der Waals surface area contributed by atoms with Crippen LogP contribution in [0.3, 0.4) is 0 Å². The van der Waals surface area contributed by atoms with Crippen molar-refractivity contribution >= 4 is 17.6 Å². The average Bonchev–Trinajstić information content (AvgIpc) is 3.06. The summed E-state index contributed by atoms with van der Waals surface area (Å²) < 4.78 is 0. The van der Waals surface area contributed by atoms with Gasteiger partial charge < -0.3 is 16.0 Å². The molecule has 2 rings (SSSR count). The number of aliphatic imine (C=N–C) groups is 1. The molecule has 0 aromatic heterocycles. The van der Waals surface area contributed by atoms with Gasteiger partial charge in [-0.1, -0.05) is 19.1 Å². The summed E-state index contributed by atoms with van der Waals surface area (Å²) >= 11 is 0. The molecule has 6 nitrogen and oxygen atoms in total. The minimum Gasteiger partial charge on any atom is -0.370 e. The molecule has 0 radical (unpaired) electrons. The molecule has 1 heterocycles. The average molecular weight is 345 g/mol. The molecule has 1 fully saturated rings. The zero-order valence-electron chi connectivity index (χ0n) is 15.7. The number of carbonyl (C=O) groups excluding carboxylic acids is 1. The van der Waals surface area contributed by atoms with E-state index >= 15 is 0 Å². The Morgan fingerprint density at radius 2 is 2.24 bits per heavy atom. The molecule has 1 atom stereocenters. The number of anilines is 1. The number of aryl methyl sites for hydroxylation is 1. The van der Waals surface area contributed by atoms with Gasteiger partial charge in [-0.3, -0.25) is 14.7 Å². The Balaban J connectivity index is 1.77. The second-order valence-electron chi connectivity index (χ2n) is 6.73. The van der Waals surface area contributed by atoms with Crippen LogP contribution in [0, 0.1) is 0 Å². The first-order valence-corrected chi connectivity index (χ1v) is 9.12. The molecule has 0 saturated carbocycles. The highest BCUT2D eigenvalue weighted by atomic mass is 16.2. The Labute approximate surface area is 151 Å². The summed E-state index contributed by atoms with van der Waals surface area (Å²) in [6.45, 7) is 4.66. The van der Waals surface area contributed by atoms with E-state index in [0.29, 0.717) is 12.5 Å². The first-order valence-electron chi connectivity index (χ1n) is 9.12. The van der Waals surface area contributed by atoms with Crippen LogP contribution in [-0.4, -0.2) is 61.4 Å². The van der Waals surface area contributed by atoms with Crippen molar-refractivity contribution in [1.29, 1.82) is 0 Å². The molecule has 1 saturated heterocycles. The molecule has 1 aromatic carbocycles. The second kappa shape index (κ2) is 9.42. The van der Waals surface area contributed by atoms with Gasteiger partial charge in [0.1, 0.15) is 0 Å². The number of likely N-dealkylation sites (N-methyl/N-ethyl adjacent to an activating group) is 1. The fourth-order valence-corrected chi connectivity index (χ4v) is 3.20. The molecule has 0 bridgehead atoms. The van der Waals surface area contributed by atoms with Crippen molar-refractivity contribution in [3.8, 4) is 0 Å². The molecule has 25 heavy (non-hydrogen) atoms. The number of hydrogen-bond donors (Lipinski definition) is 2. The number of guanidine groups is 1. The summed E-state index contributed by atoms with van der Waals surface area (Å²) in [5.41, 5.74) is 8.21. The Hall–Kier alpha value is -2.08. The Morgan fingerprint density at radius 3 is 2.96 bits per heavy atom. The standard InChI is InChI=1S/C19H31N5O/c1-4-15-8-5-9-16(14-15)22-19(20)21-11-7-13-24-12-6-10-17(24)18(25)23(2)3/h5,8-9,14,17H,4,6-7,10-13H2,1-3H3,(H3,20,21,22). The lowest BCUT2D eigenvalue weighted by Crippen LogP contribution is -2.43. The lowest BCUT2D eigenvalue weighted by atomic mass is 10.1. The molecule has 1 aliphatic heterocycles. The second-order valence-corrected chi connectivity index (χ2v) is 6.73. The van der Waals surface area contributed by atoms with E-state index in [1.54, 1.807) is 4.90 Å². The predicted molar refractivity (Wildman–Crippen MR) is 104 cm³/mol. The summed E-state index contributed by atoms with van der Waals surface area (Å²) in [6, 6.07) is 8.23. The van der Waals surface area contributed by atoms with Crippen molar-refractivity contribution in [2.75, 3.05) is 39.0 Å². The third-order valence-electron chi connectivity index (χ3n) is 4.58. The topological polar surface area (TPSA) is 74.0 Å². The van der Waals surface area contributed by atoms with E-state index in [-0.39, 0.29) is 11.9 Å². The number of rotatable bonds is 7. The van der Waals surface area contributed by atoms with Crippen LogP contribution in [0.15, 0.2) is 29.3 Å². The molecule has 1 aliphatic rings. The van der Waals surface area contributed by atoms with E-state index in [9.17, 15) is 4.79 Å². The van der Waals surface area contributed by atoms with Gasteiger partial charge in [-0.05, 0) is 49.9 Å². The minimum absolute atomic E-state index is 0.0336. The first-order chi connectivity index (χ1) is 12.0. The number of amides is 1. The number of nitrogens with zero attached hydrogens (tertiary/aromatic N) is 3. The van der Waals surface area contributed by atoms with E-state index < -0.39 is 0 Å².